The molecule has 10 N–H and O–H groups in total. The lowest BCUT2D eigenvalue weighted by Gasteiger charge is -2.26. The topological polar surface area (TPSA) is 292 Å². The van der Waals surface area contributed by atoms with Crippen LogP contribution in [0.4, 0.5) is 11.8 Å². The van der Waals surface area contributed by atoms with Gasteiger partial charge in [0.1, 0.15) is 47.9 Å². The number of fused-ring (bicyclic) bond motifs is 2. The third kappa shape index (κ3) is 4.64. The summed E-state index contributed by atoms with van der Waals surface area (Å²) in [6.07, 6.45) is -5.35. The summed E-state index contributed by atoms with van der Waals surface area (Å²) in [6.45, 7) is -1.13. The van der Waals surface area contributed by atoms with Crippen LogP contribution < -0.4 is 17.0 Å². The molecule has 2 fully saturated rings. The number of nitrogens with two attached hydrogens (primary N) is 2. The Kier molecular flexibility index (Phi) is 7.24. The lowest BCUT2D eigenvalue weighted by Crippen LogP contribution is -2.34. The fourth-order valence-corrected chi connectivity index (χ4v) is 7.03. The van der Waals surface area contributed by atoms with Crippen molar-refractivity contribution in [3.05, 3.63) is 35.3 Å². The monoisotopic (exact) mass is 609 g/mol. The molecule has 226 valence electrons. The second kappa shape index (κ2) is 10.6. The van der Waals surface area contributed by atoms with E-state index in [2.05, 4.69) is 24.9 Å². The Balaban J connectivity index is 1.19. The van der Waals surface area contributed by atoms with Gasteiger partial charge in [0, 0.05) is 12.6 Å². The molecule has 4 aromatic heterocycles. The zero-order valence-electron chi connectivity index (χ0n) is 21.6. The third-order valence-corrected chi connectivity index (χ3v) is 9.32. The number of imidazole rings is 1. The second-order valence-corrected chi connectivity index (χ2v) is 11.9. The number of aromatic nitrogens is 7. The van der Waals surface area contributed by atoms with E-state index in [0.717, 1.165) is 10.9 Å². The summed E-state index contributed by atoms with van der Waals surface area (Å²) in [5.41, 5.74) is 9.38. The Morgan fingerprint density at radius 1 is 1.02 bits per heavy atom. The first-order valence-electron chi connectivity index (χ1n) is 12.7. The van der Waals surface area contributed by atoms with Gasteiger partial charge >= 0.3 is 7.60 Å². The Morgan fingerprint density at radius 2 is 1.79 bits per heavy atom. The molecule has 2 aliphatic heterocycles. The SMILES string of the molecule is Nc1nc2c(ncn2[C@@H]2O[C@H](CO)[C@@H](O)[C@H]2P(=O)(O)OCC[C@H]2O[C@@H](n3ccc4c(N)ncnc43)[C@H](O)[C@@H]2O)c(=O)[nH]1. The quantitative estimate of drug-likeness (QED) is 0.0962. The van der Waals surface area contributed by atoms with Crippen LogP contribution in [0.1, 0.15) is 18.9 Å². The molecule has 0 amide bonds. The summed E-state index contributed by atoms with van der Waals surface area (Å²) in [5.74, 6) is -0.0177. The van der Waals surface area contributed by atoms with Crippen molar-refractivity contribution < 1.29 is 43.9 Å². The molecular weight excluding hydrogens is 581 g/mol. The zero-order valence-corrected chi connectivity index (χ0v) is 22.5. The van der Waals surface area contributed by atoms with Gasteiger partial charge in [-0.15, -0.1) is 0 Å². The first-order chi connectivity index (χ1) is 20.0. The molecule has 2 aliphatic rings. The molecule has 6 rings (SSSR count). The fourth-order valence-electron chi connectivity index (χ4n) is 5.37. The van der Waals surface area contributed by atoms with Crippen molar-refractivity contribution in [1.29, 1.82) is 0 Å². The van der Waals surface area contributed by atoms with Gasteiger partial charge in [0.2, 0.25) is 5.95 Å². The van der Waals surface area contributed by atoms with Crippen LogP contribution in [0.2, 0.25) is 0 Å². The van der Waals surface area contributed by atoms with E-state index in [1.807, 2.05) is 0 Å². The highest BCUT2D eigenvalue weighted by atomic mass is 31.2. The number of rotatable bonds is 8. The number of aliphatic hydroxyl groups is 4. The van der Waals surface area contributed by atoms with E-state index in [4.69, 9.17) is 25.5 Å². The number of nitrogens with one attached hydrogen (secondary N) is 1. The highest BCUT2D eigenvalue weighted by molar-refractivity contribution is 7.53. The Labute approximate surface area is 234 Å². The summed E-state index contributed by atoms with van der Waals surface area (Å²) in [7, 11) is -4.75. The van der Waals surface area contributed by atoms with Crippen molar-refractivity contribution in [2.24, 2.45) is 0 Å². The maximum absolute atomic E-state index is 13.5. The molecule has 42 heavy (non-hydrogen) atoms. The zero-order chi connectivity index (χ0) is 29.9. The van der Waals surface area contributed by atoms with Gasteiger partial charge in [-0.3, -0.25) is 18.9 Å². The van der Waals surface area contributed by atoms with Crippen LogP contribution >= 0.6 is 7.60 Å². The lowest BCUT2D eigenvalue weighted by atomic mass is 10.1. The summed E-state index contributed by atoms with van der Waals surface area (Å²) in [4.78, 5) is 41.5. The van der Waals surface area contributed by atoms with E-state index in [1.54, 1.807) is 12.3 Å². The number of anilines is 2. The van der Waals surface area contributed by atoms with Crippen molar-refractivity contribution in [1.82, 2.24) is 34.1 Å². The van der Waals surface area contributed by atoms with Crippen molar-refractivity contribution >= 4 is 41.6 Å². The largest absolute Gasteiger partial charge is 0.394 e. The molecule has 2 saturated heterocycles. The van der Waals surface area contributed by atoms with Crippen molar-refractivity contribution in [2.45, 2.75) is 55.1 Å². The number of aliphatic hydroxyl groups excluding tert-OH is 4. The number of hydrogen-bond donors (Lipinski definition) is 8. The Morgan fingerprint density at radius 3 is 2.55 bits per heavy atom. The predicted octanol–water partition coefficient (Wildman–Crippen LogP) is -2.44. The van der Waals surface area contributed by atoms with E-state index in [1.165, 1.54) is 10.9 Å². The normalized spacial score (nSPS) is 31.3. The minimum Gasteiger partial charge on any atom is -0.394 e. The minimum absolute atomic E-state index is 0.0795. The van der Waals surface area contributed by atoms with E-state index < -0.39 is 75.0 Å². The van der Waals surface area contributed by atoms with Crippen molar-refractivity contribution in [3.63, 3.8) is 0 Å². The number of nitrogens with zero attached hydrogens (tertiary/aromatic N) is 6. The van der Waals surface area contributed by atoms with Gasteiger partial charge in [0.05, 0.1) is 31.0 Å². The highest BCUT2D eigenvalue weighted by Gasteiger charge is 2.55. The lowest BCUT2D eigenvalue weighted by molar-refractivity contribution is -0.0435. The van der Waals surface area contributed by atoms with Crippen LogP contribution in [0, 0.1) is 0 Å². The molecule has 4 aromatic rings. The van der Waals surface area contributed by atoms with E-state index in [9.17, 15) is 34.7 Å². The van der Waals surface area contributed by atoms with Gasteiger partial charge in [-0.05, 0) is 6.07 Å². The smallest absolute Gasteiger partial charge is 0.338 e. The number of hydrogen-bond acceptors (Lipinski definition) is 15. The number of ether oxygens (including phenoxy) is 2. The molecule has 1 unspecified atom stereocenters. The first-order valence-corrected chi connectivity index (χ1v) is 14.4. The van der Waals surface area contributed by atoms with Crippen molar-refractivity contribution in [2.75, 3.05) is 24.7 Å². The molecular formula is C22H28N9O10P. The number of aromatic amines is 1. The highest BCUT2D eigenvalue weighted by Crippen LogP contribution is 2.57. The van der Waals surface area contributed by atoms with Gasteiger partial charge in [-0.25, -0.2) is 15.0 Å². The van der Waals surface area contributed by atoms with Gasteiger partial charge in [-0.1, -0.05) is 0 Å². The Hall–Kier alpha value is -3.52. The molecule has 0 aromatic carbocycles. The maximum Gasteiger partial charge on any atom is 0.338 e. The van der Waals surface area contributed by atoms with E-state index >= 15 is 0 Å². The van der Waals surface area contributed by atoms with Crippen LogP contribution in [-0.4, -0.2) is 109 Å². The molecule has 0 bridgehead atoms. The van der Waals surface area contributed by atoms with Gasteiger partial charge in [0.25, 0.3) is 5.56 Å². The molecule has 9 atom stereocenters. The molecule has 0 spiro atoms. The number of nitrogen functional groups attached to an aromatic ring is 2. The van der Waals surface area contributed by atoms with Crippen LogP contribution in [0.5, 0.6) is 0 Å². The minimum atomic E-state index is -4.75. The van der Waals surface area contributed by atoms with Gasteiger partial charge in [-0.2, -0.15) is 4.98 Å². The van der Waals surface area contributed by atoms with Crippen LogP contribution in [-0.2, 0) is 18.6 Å². The molecule has 19 nitrogen and oxygen atoms in total. The maximum atomic E-state index is 13.5. The van der Waals surface area contributed by atoms with Crippen molar-refractivity contribution in [3.8, 4) is 0 Å². The molecule has 0 saturated carbocycles. The van der Waals surface area contributed by atoms with Gasteiger partial charge in [0.15, 0.2) is 23.6 Å². The fraction of sp³-hybridized carbons (Fsp3) is 0.500. The summed E-state index contributed by atoms with van der Waals surface area (Å²) >= 11 is 0. The first kappa shape index (κ1) is 28.6. The molecule has 0 radical (unpaired) electrons. The van der Waals surface area contributed by atoms with Gasteiger partial charge < -0.3 is 55.4 Å². The average Bonchev–Trinajstić information content (AvgIpc) is 3.70. The Bertz CT molecular complexity index is 1730. The molecule has 6 heterocycles. The van der Waals surface area contributed by atoms with E-state index in [0.29, 0.717) is 11.0 Å². The molecule has 20 heteroatoms. The summed E-state index contributed by atoms with van der Waals surface area (Å²) < 4.78 is 33.0. The standard InChI is InChI=1S/C22H28N9O10P/c23-16-8-1-3-30(17(8)26-6-25-16)20-14(35)12(33)9(40-20)2-4-39-42(37,38)15-13(34)10(5-32)41-21(15)31-7-27-11-18(31)28-22(24)29-19(11)36/h1,3,6-7,9-10,12-15,20-21,32-35H,2,4-5H2,(H,37,38)(H2,23,25,26)(H3,24,28,29,36)/t9-,10-,12-,13-,14-,15-,20-,21-/m1/s1. The predicted molar refractivity (Wildman–Crippen MR) is 142 cm³/mol. The van der Waals surface area contributed by atoms with E-state index in [-0.39, 0.29) is 29.4 Å². The average molecular weight is 609 g/mol. The second-order valence-electron chi connectivity index (χ2n) is 9.96. The molecule has 0 aliphatic carbocycles. The number of H-pyrrole nitrogens is 1. The summed E-state index contributed by atoms with van der Waals surface area (Å²) in [5, 5.41) is 42.3. The third-order valence-electron chi connectivity index (χ3n) is 7.45. The summed E-state index contributed by atoms with van der Waals surface area (Å²) in [6, 6.07) is 1.64. The van der Waals surface area contributed by atoms with Crippen LogP contribution in [0.15, 0.2) is 29.7 Å². The van der Waals surface area contributed by atoms with Crippen LogP contribution in [0.25, 0.3) is 22.2 Å². The van der Waals surface area contributed by atoms with Crippen LogP contribution in [0.3, 0.4) is 0 Å².